The zero-order valence-electron chi connectivity index (χ0n) is 8.01. The van der Waals surface area contributed by atoms with E-state index in [9.17, 15) is 9.59 Å². The first-order valence-electron chi connectivity index (χ1n) is 4.50. The smallest absolute Gasteiger partial charge is 0.318 e. The molecule has 0 aliphatic rings. The number of hydrogen-bond donors (Lipinski definition) is 1. The molecule has 2 N–H and O–H groups in total. The summed E-state index contributed by atoms with van der Waals surface area (Å²) in [6.07, 6.45) is 3.09. The zero-order valence-corrected chi connectivity index (χ0v) is 8.01. The van der Waals surface area contributed by atoms with Crippen molar-refractivity contribution in [1.82, 2.24) is 19.9 Å². The maximum Gasteiger partial charge on any atom is 0.403 e. The average Bonchev–Trinajstić information content (AvgIpc) is 2.48. The molecule has 0 aromatic carbocycles. The first kappa shape index (κ1) is 10.4. The maximum atomic E-state index is 11.4. The highest BCUT2D eigenvalue weighted by Crippen LogP contribution is 1.99. The number of rotatable bonds is 4. The first-order chi connectivity index (χ1) is 6.66. The summed E-state index contributed by atoms with van der Waals surface area (Å²) < 4.78 is 0. The molecule has 0 unspecified atom stereocenters. The molecule has 0 aliphatic heterocycles. The van der Waals surface area contributed by atoms with Crippen molar-refractivity contribution in [1.29, 1.82) is 0 Å². The van der Waals surface area contributed by atoms with Gasteiger partial charge in [-0.1, -0.05) is 29.7 Å². The number of hydrogen-bond acceptors (Lipinski definition) is 5. The lowest BCUT2D eigenvalue weighted by atomic mass is 10.2. The summed E-state index contributed by atoms with van der Waals surface area (Å²) in [6, 6.07) is 0. The minimum atomic E-state index is -0.728. The van der Waals surface area contributed by atoms with Gasteiger partial charge in [0.15, 0.2) is 0 Å². The van der Waals surface area contributed by atoms with Crippen LogP contribution in [0.4, 0.5) is 0 Å². The Morgan fingerprint density at radius 3 is 2.71 bits per heavy atom. The predicted molar refractivity (Wildman–Crippen MR) is 49.2 cm³/mol. The Morgan fingerprint density at radius 1 is 1.50 bits per heavy atom. The van der Waals surface area contributed by atoms with Gasteiger partial charge in [0.1, 0.15) is 0 Å². The third-order valence-corrected chi connectivity index (χ3v) is 1.83. The summed E-state index contributed by atoms with van der Waals surface area (Å²) >= 11 is 0. The Morgan fingerprint density at radius 2 is 2.21 bits per heavy atom. The van der Waals surface area contributed by atoms with Gasteiger partial charge in [0, 0.05) is 6.42 Å². The number of tetrazole rings is 1. The van der Waals surface area contributed by atoms with Crippen LogP contribution in [0.3, 0.4) is 0 Å². The molecule has 0 radical (unpaired) electrons. The van der Waals surface area contributed by atoms with E-state index in [1.807, 2.05) is 6.92 Å². The van der Waals surface area contributed by atoms with Crippen LogP contribution in [0.1, 0.15) is 37.4 Å². The van der Waals surface area contributed by atoms with Crippen molar-refractivity contribution in [3.05, 3.63) is 10.5 Å². The molecule has 0 bridgehead atoms. The van der Waals surface area contributed by atoms with Gasteiger partial charge >= 0.3 is 5.69 Å². The molecule has 0 spiro atoms. The topological polar surface area (TPSA) is 95.8 Å². The van der Waals surface area contributed by atoms with Gasteiger partial charge in [-0.15, -0.1) is 4.79 Å². The number of unbranched alkanes of at least 4 members (excludes halogenated alkanes) is 2. The fourth-order valence-corrected chi connectivity index (χ4v) is 1.05. The van der Waals surface area contributed by atoms with E-state index in [2.05, 4.69) is 10.3 Å². The van der Waals surface area contributed by atoms with Gasteiger partial charge in [-0.2, -0.15) is 0 Å². The number of carbonyl (C=O) groups is 1. The van der Waals surface area contributed by atoms with Gasteiger partial charge in [0.2, 0.25) is 0 Å². The zero-order chi connectivity index (χ0) is 10.6. The summed E-state index contributed by atoms with van der Waals surface area (Å²) in [5.41, 5.74) is -0.728. The summed E-state index contributed by atoms with van der Waals surface area (Å²) in [4.78, 5) is 23.5. The second-order valence-electron chi connectivity index (χ2n) is 2.96. The first-order valence-corrected chi connectivity index (χ1v) is 4.50. The minimum Gasteiger partial charge on any atom is -0.318 e. The Bertz CT molecular complexity index is 366. The molecule has 1 rings (SSSR count). The highest BCUT2D eigenvalue weighted by Gasteiger charge is 2.10. The van der Waals surface area contributed by atoms with E-state index in [0.717, 1.165) is 24.1 Å². The normalized spacial score (nSPS) is 10.4. The van der Waals surface area contributed by atoms with E-state index in [1.165, 1.54) is 0 Å². The monoisotopic (exact) mass is 199 g/mol. The molecule has 78 valence electrons. The molecule has 7 nitrogen and oxygen atoms in total. The predicted octanol–water partition coefficient (Wildman–Crippen LogP) is -0.626. The third-order valence-electron chi connectivity index (χ3n) is 1.83. The molecular formula is C7H13N5O2. The van der Waals surface area contributed by atoms with Crippen molar-refractivity contribution in [2.24, 2.45) is 0 Å². The van der Waals surface area contributed by atoms with Gasteiger partial charge < -0.3 is 5.84 Å². The fraction of sp³-hybridized carbons (Fsp3) is 0.714. The molecule has 14 heavy (non-hydrogen) atoms. The Hall–Kier alpha value is -1.66. The van der Waals surface area contributed by atoms with Gasteiger partial charge in [-0.25, -0.2) is 4.79 Å². The molecule has 0 aliphatic carbocycles. The van der Waals surface area contributed by atoms with Gasteiger partial charge in [0.25, 0.3) is 5.91 Å². The van der Waals surface area contributed by atoms with Crippen LogP contribution in [-0.4, -0.2) is 25.8 Å². The van der Waals surface area contributed by atoms with E-state index in [0.29, 0.717) is 11.2 Å². The number of nitrogens with two attached hydrogens (primary N) is 1. The van der Waals surface area contributed by atoms with Crippen LogP contribution in [0.15, 0.2) is 4.79 Å². The van der Waals surface area contributed by atoms with Crippen LogP contribution in [0.2, 0.25) is 0 Å². The molecule has 1 aromatic heterocycles. The highest BCUT2D eigenvalue weighted by atomic mass is 16.2. The summed E-state index contributed by atoms with van der Waals surface area (Å²) in [7, 11) is 0. The quantitative estimate of drug-likeness (QED) is 0.514. The van der Waals surface area contributed by atoms with Crippen molar-refractivity contribution in [3.63, 3.8) is 0 Å². The van der Waals surface area contributed by atoms with Crippen molar-refractivity contribution in [2.75, 3.05) is 5.84 Å². The molecule has 0 fully saturated rings. The second kappa shape index (κ2) is 4.54. The van der Waals surface area contributed by atoms with Crippen molar-refractivity contribution >= 4 is 5.91 Å². The van der Waals surface area contributed by atoms with Crippen LogP contribution in [0.5, 0.6) is 0 Å². The van der Waals surface area contributed by atoms with E-state index in [4.69, 9.17) is 5.84 Å². The van der Waals surface area contributed by atoms with Gasteiger partial charge in [-0.05, 0) is 11.6 Å². The van der Waals surface area contributed by atoms with Crippen LogP contribution in [-0.2, 0) is 0 Å². The van der Waals surface area contributed by atoms with Crippen LogP contribution in [0, 0.1) is 0 Å². The van der Waals surface area contributed by atoms with Crippen molar-refractivity contribution in [3.8, 4) is 0 Å². The third kappa shape index (κ3) is 2.18. The lowest BCUT2D eigenvalue weighted by Gasteiger charge is -2.00. The molecule has 0 atom stereocenters. The molecule has 7 heteroatoms. The Balaban J connectivity index is 2.61. The SMILES string of the molecule is CCCCCC(=O)n1nnc(=O)n1N. The molecule has 1 aromatic rings. The summed E-state index contributed by atoms with van der Waals surface area (Å²) in [5.74, 6) is 4.92. The Labute approximate surface area is 80.4 Å². The van der Waals surface area contributed by atoms with E-state index in [1.54, 1.807) is 0 Å². The molecule has 0 amide bonds. The largest absolute Gasteiger partial charge is 0.403 e. The molecule has 1 heterocycles. The Kier molecular flexibility index (Phi) is 3.38. The molecule has 0 saturated heterocycles. The maximum absolute atomic E-state index is 11.4. The molecule has 0 saturated carbocycles. The highest BCUT2D eigenvalue weighted by molar-refractivity contribution is 5.76. The van der Waals surface area contributed by atoms with E-state index in [-0.39, 0.29) is 5.91 Å². The number of nitrogen functional groups attached to an aromatic ring is 1. The number of aromatic nitrogens is 4. The van der Waals surface area contributed by atoms with Crippen molar-refractivity contribution in [2.45, 2.75) is 32.6 Å². The van der Waals surface area contributed by atoms with E-state index < -0.39 is 5.69 Å². The lowest BCUT2D eigenvalue weighted by Crippen LogP contribution is -2.34. The van der Waals surface area contributed by atoms with Crippen LogP contribution < -0.4 is 11.5 Å². The number of nitrogens with zero attached hydrogens (tertiary/aromatic N) is 4. The van der Waals surface area contributed by atoms with Crippen LogP contribution >= 0.6 is 0 Å². The standard InChI is InChI=1S/C7H13N5O2/c1-2-3-4-5-6(13)12-10-9-7(14)11(12)8/h2-5,8H2,1H3. The molecular weight excluding hydrogens is 186 g/mol. The number of carbonyl (C=O) groups excluding carboxylic acids is 1. The van der Waals surface area contributed by atoms with Gasteiger partial charge in [-0.3, -0.25) is 4.79 Å². The van der Waals surface area contributed by atoms with Crippen LogP contribution in [0.25, 0.3) is 0 Å². The summed E-state index contributed by atoms with van der Waals surface area (Å²) in [6.45, 7) is 2.04. The fourth-order valence-electron chi connectivity index (χ4n) is 1.05. The second-order valence-corrected chi connectivity index (χ2v) is 2.96. The van der Waals surface area contributed by atoms with E-state index >= 15 is 0 Å². The summed E-state index contributed by atoms with van der Waals surface area (Å²) in [5, 5.41) is 6.48. The van der Waals surface area contributed by atoms with Crippen molar-refractivity contribution < 1.29 is 4.79 Å². The van der Waals surface area contributed by atoms with Gasteiger partial charge in [0.05, 0.1) is 0 Å². The lowest BCUT2D eigenvalue weighted by molar-refractivity contribution is 0.0848. The minimum absolute atomic E-state index is 0.310. The average molecular weight is 199 g/mol.